The van der Waals surface area contributed by atoms with Gasteiger partial charge >= 0.3 is 5.97 Å². The number of aromatic hydroxyl groups is 1. The molecule has 2 aromatic carbocycles. The van der Waals surface area contributed by atoms with Crippen LogP contribution in [0.5, 0.6) is 5.75 Å². The summed E-state index contributed by atoms with van der Waals surface area (Å²) in [6.07, 6.45) is 3.59. The number of carbonyl (C=O) groups excluding carboxylic acids is 4. The number of nitrogens with one attached hydrogen (secondary N) is 4. The van der Waals surface area contributed by atoms with Crippen LogP contribution >= 0.6 is 11.8 Å². The molecule has 0 bridgehead atoms. The molecular formula is C30H38N6O7S. The van der Waals surface area contributed by atoms with Crippen molar-refractivity contribution in [1.82, 2.24) is 20.9 Å². The van der Waals surface area contributed by atoms with E-state index < -0.39 is 53.8 Å². The lowest BCUT2D eigenvalue weighted by molar-refractivity contribution is -0.142. The minimum Gasteiger partial charge on any atom is -0.508 e. The van der Waals surface area contributed by atoms with E-state index in [-0.39, 0.29) is 37.9 Å². The van der Waals surface area contributed by atoms with Crippen LogP contribution in [0.25, 0.3) is 10.9 Å². The molecule has 13 nitrogen and oxygen atoms in total. The second-order valence-corrected chi connectivity index (χ2v) is 11.3. The summed E-state index contributed by atoms with van der Waals surface area (Å²) in [7, 11) is 0. The van der Waals surface area contributed by atoms with Crippen LogP contribution in [0.2, 0.25) is 0 Å². The zero-order chi connectivity index (χ0) is 32.2. The molecule has 4 unspecified atom stereocenters. The molecule has 236 valence electrons. The molecular weight excluding hydrogens is 588 g/mol. The number of hydrogen-bond acceptors (Lipinski definition) is 8. The number of carbonyl (C=O) groups is 5. The largest absolute Gasteiger partial charge is 0.508 e. The first kappa shape index (κ1) is 33.9. The Hall–Kier alpha value is -4.56. The van der Waals surface area contributed by atoms with Crippen molar-refractivity contribution < 1.29 is 34.2 Å². The van der Waals surface area contributed by atoms with Gasteiger partial charge < -0.3 is 42.6 Å². The lowest BCUT2D eigenvalue weighted by Gasteiger charge is -2.25. The highest BCUT2D eigenvalue weighted by molar-refractivity contribution is 7.98. The van der Waals surface area contributed by atoms with Crippen LogP contribution in [0.4, 0.5) is 0 Å². The quantitative estimate of drug-likeness (QED) is 0.104. The number of phenolic OH excluding ortho intramolecular Hbond substituents is 1. The predicted octanol–water partition coefficient (Wildman–Crippen LogP) is 0.544. The molecule has 0 aliphatic rings. The van der Waals surface area contributed by atoms with E-state index in [1.54, 1.807) is 18.3 Å². The van der Waals surface area contributed by atoms with E-state index in [1.165, 1.54) is 23.9 Å². The van der Waals surface area contributed by atoms with Gasteiger partial charge in [0.25, 0.3) is 0 Å². The first-order valence-corrected chi connectivity index (χ1v) is 15.4. The molecule has 4 atom stereocenters. The highest BCUT2D eigenvalue weighted by atomic mass is 32.2. The second-order valence-electron chi connectivity index (χ2n) is 10.3. The van der Waals surface area contributed by atoms with Gasteiger partial charge in [-0.3, -0.25) is 19.2 Å². The fourth-order valence-corrected chi connectivity index (χ4v) is 5.03. The van der Waals surface area contributed by atoms with Gasteiger partial charge in [0.15, 0.2) is 0 Å². The Morgan fingerprint density at radius 3 is 2.16 bits per heavy atom. The number of amides is 4. The Morgan fingerprint density at radius 2 is 1.50 bits per heavy atom. The van der Waals surface area contributed by atoms with E-state index in [4.69, 9.17) is 11.5 Å². The van der Waals surface area contributed by atoms with E-state index in [2.05, 4.69) is 20.9 Å². The van der Waals surface area contributed by atoms with Crippen molar-refractivity contribution in [3.63, 3.8) is 0 Å². The number of primary amides is 1. The maximum atomic E-state index is 13.6. The van der Waals surface area contributed by atoms with Gasteiger partial charge in [0.05, 0.1) is 6.04 Å². The summed E-state index contributed by atoms with van der Waals surface area (Å²) in [5, 5.41) is 28.3. The molecule has 0 aliphatic carbocycles. The van der Waals surface area contributed by atoms with Crippen molar-refractivity contribution in [2.24, 2.45) is 11.5 Å². The number of hydrogen-bond donors (Lipinski definition) is 8. The van der Waals surface area contributed by atoms with Gasteiger partial charge in [-0.25, -0.2) is 4.79 Å². The molecule has 14 heteroatoms. The highest BCUT2D eigenvalue weighted by Gasteiger charge is 2.31. The number of para-hydroxylation sites is 1. The number of carboxylic acid groups (broad SMARTS) is 1. The molecule has 0 spiro atoms. The number of rotatable bonds is 17. The summed E-state index contributed by atoms with van der Waals surface area (Å²) in [4.78, 5) is 66.1. The molecule has 1 heterocycles. The van der Waals surface area contributed by atoms with Crippen molar-refractivity contribution in [3.8, 4) is 5.75 Å². The molecule has 1 aromatic heterocycles. The first-order chi connectivity index (χ1) is 21.0. The van der Waals surface area contributed by atoms with E-state index >= 15 is 0 Å². The Morgan fingerprint density at radius 1 is 0.864 bits per heavy atom. The number of aromatic nitrogens is 1. The van der Waals surface area contributed by atoms with Gasteiger partial charge in [-0.2, -0.15) is 11.8 Å². The number of carboxylic acids is 1. The number of aliphatic carboxylic acids is 1. The van der Waals surface area contributed by atoms with Gasteiger partial charge in [-0.05, 0) is 54.2 Å². The van der Waals surface area contributed by atoms with Crippen LogP contribution in [-0.4, -0.2) is 81.0 Å². The summed E-state index contributed by atoms with van der Waals surface area (Å²) in [5.41, 5.74) is 13.1. The lowest BCUT2D eigenvalue weighted by atomic mass is 10.0. The van der Waals surface area contributed by atoms with E-state index in [1.807, 2.05) is 30.5 Å². The van der Waals surface area contributed by atoms with Crippen molar-refractivity contribution in [2.45, 2.75) is 56.3 Å². The molecule has 10 N–H and O–H groups in total. The molecule has 0 fully saturated rings. The van der Waals surface area contributed by atoms with Crippen LogP contribution < -0.4 is 27.4 Å². The third kappa shape index (κ3) is 10.0. The maximum Gasteiger partial charge on any atom is 0.326 e. The number of thioether (sulfide) groups is 1. The fourth-order valence-electron chi connectivity index (χ4n) is 4.55. The standard InChI is InChI=1S/C30H38N6O7S/c1-44-13-12-23(34-27(39)21(31)10-11-26(32)38)28(40)35-24(14-17-6-8-19(37)9-7-17)29(41)36-25(30(42)43)15-18-16-33-22-5-3-2-4-20(18)22/h2-9,16,21,23-25,33,37H,10-15,31H2,1H3,(H2,32,38)(H,34,39)(H,35,40)(H,36,41)(H,42,43). The van der Waals surface area contributed by atoms with Gasteiger partial charge in [-0.1, -0.05) is 30.3 Å². The van der Waals surface area contributed by atoms with Crippen LogP contribution in [0.1, 0.15) is 30.4 Å². The van der Waals surface area contributed by atoms with E-state index in [9.17, 15) is 34.2 Å². The summed E-state index contributed by atoms with van der Waals surface area (Å²) >= 11 is 1.45. The predicted molar refractivity (Wildman–Crippen MR) is 167 cm³/mol. The van der Waals surface area contributed by atoms with Crippen molar-refractivity contribution in [3.05, 3.63) is 65.9 Å². The van der Waals surface area contributed by atoms with Gasteiger partial charge in [0.1, 0.15) is 23.9 Å². The van der Waals surface area contributed by atoms with Crippen LogP contribution in [0, 0.1) is 0 Å². The topological polar surface area (TPSA) is 230 Å². The molecule has 0 saturated heterocycles. The van der Waals surface area contributed by atoms with Crippen molar-refractivity contribution >= 4 is 52.3 Å². The smallest absolute Gasteiger partial charge is 0.326 e. The number of benzene rings is 2. The number of phenols is 1. The van der Waals surface area contributed by atoms with Gasteiger partial charge in [-0.15, -0.1) is 0 Å². The Labute approximate surface area is 258 Å². The zero-order valence-corrected chi connectivity index (χ0v) is 25.1. The van der Waals surface area contributed by atoms with Gasteiger partial charge in [0.2, 0.25) is 23.6 Å². The number of H-pyrrole nitrogens is 1. The fraction of sp³-hybridized carbons (Fsp3) is 0.367. The SMILES string of the molecule is CSCCC(NC(=O)C(N)CCC(N)=O)C(=O)NC(Cc1ccc(O)cc1)C(=O)NC(Cc1c[nH]c2ccccc12)C(=O)O. The lowest BCUT2D eigenvalue weighted by Crippen LogP contribution is -2.58. The number of fused-ring (bicyclic) bond motifs is 1. The summed E-state index contributed by atoms with van der Waals surface area (Å²) in [6, 6.07) is 8.70. The molecule has 0 saturated carbocycles. The Balaban J connectivity index is 1.80. The van der Waals surface area contributed by atoms with Crippen molar-refractivity contribution in [2.75, 3.05) is 12.0 Å². The third-order valence-corrected chi connectivity index (χ3v) is 7.65. The van der Waals surface area contributed by atoms with Crippen LogP contribution in [0.15, 0.2) is 54.7 Å². The number of nitrogens with two attached hydrogens (primary N) is 2. The summed E-state index contributed by atoms with van der Waals surface area (Å²) in [6.45, 7) is 0. The second kappa shape index (κ2) is 16.3. The molecule has 3 aromatic rings. The Kier molecular flexibility index (Phi) is 12.6. The summed E-state index contributed by atoms with van der Waals surface area (Å²) < 4.78 is 0. The zero-order valence-electron chi connectivity index (χ0n) is 24.2. The first-order valence-electron chi connectivity index (χ1n) is 14.0. The minimum absolute atomic E-state index is 0.00305. The molecule has 44 heavy (non-hydrogen) atoms. The van der Waals surface area contributed by atoms with E-state index in [0.29, 0.717) is 16.9 Å². The highest BCUT2D eigenvalue weighted by Crippen LogP contribution is 2.19. The van der Waals surface area contributed by atoms with Crippen LogP contribution in [-0.2, 0) is 36.8 Å². The van der Waals surface area contributed by atoms with Gasteiger partial charge in [0, 0.05) is 36.4 Å². The average Bonchev–Trinajstić information content (AvgIpc) is 3.40. The molecule has 0 radical (unpaired) electrons. The summed E-state index contributed by atoms with van der Waals surface area (Å²) in [5.74, 6) is -3.43. The maximum absolute atomic E-state index is 13.6. The van der Waals surface area contributed by atoms with Crippen LogP contribution in [0.3, 0.4) is 0 Å². The normalized spacial score (nSPS) is 13.8. The minimum atomic E-state index is -1.31. The number of aromatic amines is 1. The van der Waals surface area contributed by atoms with E-state index in [0.717, 1.165) is 10.9 Å². The molecule has 0 aliphatic heterocycles. The monoisotopic (exact) mass is 626 g/mol. The Bertz CT molecular complexity index is 1460. The third-order valence-electron chi connectivity index (χ3n) is 7.00. The average molecular weight is 627 g/mol. The van der Waals surface area contributed by atoms with Crippen molar-refractivity contribution in [1.29, 1.82) is 0 Å². The molecule has 3 rings (SSSR count). The molecule has 4 amide bonds.